The molecule has 5 nitrogen and oxygen atoms in total. The van der Waals surface area contributed by atoms with E-state index in [1.807, 2.05) is 0 Å². The van der Waals surface area contributed by atoms with E-state index in [0.717, 1.165) is 16.9 Å². The fourth-order valence-corrected chi connectivity index (χ4v) is 4.01. The van der Waals surface area contributed by atoms with E-state index in [9.17, 15) is 26.7 Å². The maximum absolute atomic E-state index is 13.1. The summed E-state index contributed by atoms with van der Waals surface area (Å²) < 4.78 is 66.2. The highest BCUT2D eigenvalue weighted by Gasteiger charge is 2.57. The lowest BCUT2D eigenvalue weighted by atomic mass is 10.1. The molecule has 2 heterocycles. The van der Waals surface area contributed by atoms with Crippen LogP contribution in [0.4, 0.5) is 27.8 Å². The topological polar surface area (TPSA) is 73.8 Å². The quantitative estimate of drug-likeness (QED) is 0.817. The number of anilines is 1. The van der Waals surface area contributed by atoms with E-state index in [1.54, 1.807) is 0 Å². The molecule has 0 aromatic carbocycles. The first-order chi connectivity index (χ1) is 12.6. The zero-order chi connectivity index (χ0) is 19.5. The van der Waals surface area contributed by atoms with Crippen LogP contribution in [0.1, 0.15) is 30.0 Å². The lowest BCUT2D eigenvalue weighted by Crippen LogP contribution is -2.12. The number of alkyl halides is 5. The average Bonchev–Trinajstić information content (AvgIpc) is 2.90. The number of halogens is 5. The molecule has 2 fully saturated rings. The first-order valence-electron chi connectivity index (χ1n) is 8.36. The van der Waals surface area contributed by atoms with Crippen molar-refractivity contribution in [2.24, 2.45) is 11.8 Å². The Hall–Kier alpha value is -2.52. The van der Waals surface area contributed by atoms with Crippen LogP contribution in [0.2, 0.25) is 0 Å². The highest BCUT2D eigenvalue weighted by Crippen LogP contribution is 2.62. The van der Waals surface area contributed by atoms with Crippen molar-refractivity contribution in [2.75, 3.05) is 5.73 Å². The van der Waals surface area contributed by atoms with Gasteiger partial charge in [-0.25, -0.2) is 13.8 Å². The second kappa shape index (κ2) is 6.00. The van der Waals surface area contributed by atoms with Gasteiger partial charge in [0.1, 0.15) is 18.1 Å². The van der Waals surface area contributed by atoms with Gasteiger partial charge in [-0.3, -0.25) is 9.48 Å². The van der Waals surface area contributed by atoms with E-state index in [1.165, 1.54) is 6.07 Å². The normalized spacial score (nSPS) is 24.5. The molecule has 4 rings (SSSR count). The van der Waals surface area contributed by atoms with E-state index in [4.69, 9.17) is 5.73 Å². The molecule has 2 aromatic rings. The number of fused-ring (bicyclic) bond motifs is 1. The van der Waals surface area contributed by atoms with Crippen molar-refractivity contribution in [2.45, 2.75) is 37.9 Å². The summed E-state index contributed by atoms with van der Waals surface area (Å²) in [6.45, 7) is -0.659. The zero-order valence-corrected chi connectivity index (χ0v) is 13.9. The van der Waals surface area contributed by atoms with Crippen molar-refractivity contribution in [1.29, 1.82) is 0 Å². The van der Waals surface area contributed by atoms with Crippen molar-refractivity contribution in [3.8, 4) is 11.3 Å². The number of rotatable bonds is 4. The summed E-state index contributed by atoms with van der Waals surface area (Å²) in [6, 6.07) is 2.33. The molecule has 144 valence electrons. The zero-order valence-electron chi connectivity index (χ0n) is 13.9. The SMILES string of the molecule is Nc1ncc(-c2cc([C@H]3[C@@H]4CC(=O)C[C@@H]43)n(CC(F)F)n2)cc1C(F)(F)F. The Morgan fingerprint density at radius 3 is 2.48 bits per heavy atom. The summed E-state index contributed by atoms with van der Waals surface area (Å²) in [5.74, 6) is -0.360. The number of nitrogens with two attached hydrogens (primary N) is 1. The molecular formula is C17H15F5N4O. The van der Waals surface area contributed by atoms with Crippen LogP contribution in [-0.4, -0.2) is 27.0 Å². The van der Waals surface area contributed by atoms with Gasteiger partial charge in [-0.2, -0.15) is 18.3 Å². The van der Waals surface area contributed by atoms with Gasteiger partial charge in [0.2, 0.25) is 0 Å². The summed E-state index contributed by atoms with van der Waals surface area (Å²) in [6.07, 6.45) is -5.39. The highest BCUT2D eigenvalue weighted by atomic mass is 19.4. The lowest BCUT2D eigenvalue weighted by Gasteiger charge is -2.10. The van der Waals surface area contributed by atoms with Crippen LogP contribution in [-0.2, 0) is 17.5 Å². The molecule has 0 radical (unpaired) electrons. The van der Waals surface area contributed by atoms with Crippen LogP contribution in [0, 0.1) is 11.8 Å². The summed E-state index contributed by atoms with van der Waals surface area (Å²) in [5, 5.41) is 4.08. The van der Waals surface area contributed by atoms with E-state index in [-0.39, 0.29) is 34.8 Å². The number of nitrogen functional groups attached to an aromatic ring is 1. The molecular weight excluding hydrogens is 371 g/mol. The van der Waals surface area contributed by atoms with Crippen LogP contribution < -0.4 is 5.73 Å². The van der Waals surface area contributed by atoms with Crippen LogP contribution in [0.3, 0.4) is 0 Å². The van der Waals surface area contributed by atoms with Crippen LogP contribution >= 0.6 is 0 Å². The second-order valence-corrected chi connectivity index (χ2v) is 6.98. The summed E-state index contributed by atoms with van der Waals surface area (Å²) in [5.41, 5.74) is 4.90. The van der Waals surface area contributed by atoms with Crippen molar-refractivity contribution < 1.29 is 26.7 Å². The molecule has 2 aromatic heterocycles. The molecule has 27 heavy (non-hydrogen) atoms. The van der Waals surface area contributed by atoms with E-state index >= 15 is 0 Å². The van der Waals surface area contributed by atoms with E-state index in [2.05, 4.69) is 10.1 Å². The van der Waals surface area contributed by atoms with Gasteiger partial charge in [0, 0.05) is 36.2 Å². The third-order valence-electron chi connectivity index (χ3n) is 5.24. The van der Waals surface area contributed by atoms with Gasteiger partial charge in [-0.15, -0.1) is 0 Å². The van der Waals surface area contributed by atoms with Gasteiger partial charge >= 0.3 is 6.18 Å². The molecule has 2 aliphatic carbocycles. The Morgan fingerprint density at radius 1 is 1.22 bits per heavy atom. The molecule has 0 unspecified atom stereocenters. The first kappa shape index (κ1) is 17.9. The number of carbonyl (C=O) groups is 1. The number of aromatic nitrogens is 3. The van der Waals surface area contributed by atoms with E-state index < -0.39 is 30.5 Å². The van der Waals surface area contributed by atoms with Gasteiger partial charge in [0.15, 0.2) is 0 Å². The Labute approximate surface area is 150 Å². The molecule has 2 aliphatic rings. The third kappa shape index (κ3) is 3.17. The molecule has 2 N–H and O–H groups in total. The lowest BCUT2D eigenvalue weighted by molar-refractivity contribution is -0.137. The predicted molar refractivity (Wildman–Crippen MR) is 84.8 cm³/mol. The largest absolute Gasteiger partial charge is 0.419 e. The molecule has 0 aliphatic heterocycles. The number of Topliss-reactive ketones (excluding diaryl/α,β-unsaturated/α-hetero) is 1. The molecule has 0 amide bonds. The number of hydrogen-bond acceptors (Lipinski definition) is 4. The maximum atomic E-state index is 13.1. The van der Waals surface area contributed by atoms with Crippen molar-refractivity contribution in [3.63, 3.8) is 0 Å². The molecule has 0 spiro atoms. The van der Waals surface area contributed by atoms with Crippen molar-refractivity contribution >= 4 is 11.6 Å². The smallest absolute Gasteiger partial charge is 0.383 e. The van der Waals surface area contributed by atoms with Gasteiger partial charge in [0.05, 0.1) is 11.3 Å². The van der Waals surface area contributed by atoms with Crippen LogP contribution in [0.5, 0.6) is 0 Å². The summed E-state index contributed by atoms with van der Waals surface area (Å²) >= 11 is 0. The van der Waals surface area contributed by atoms with Crippen molar-refractivity contribution in [3.05, 3.63) is 29.6 Å². The average molecular weight is 386 g/mol. The first-order valence-corrected chi connectivity index (χ1v) is 8.36. The number of hydrogen-bond donors (Lipinski definition) is 1. The van der Waals surface area contributed by atoms with Crippen molar-refractivity contribution in [1.82, 2.24) is 14.8 Å². The minimum absolute atomic E-state index is 0.0488. The van der Waals surface area contributed by atoms with Crippen LogP contribution in [0.15, 0.2) is 18.3 Å². The van der Waals surface area contributed by atoms with Crippen LogP contribution in [0.25, 0.3) is 11.3 Å². The number of ketones is 1. The van der Waals surface area contributed by atoms with Gasteiger partial charge in [-0.05, 0) is 24.0 Å². The Morgan fingerprint density at radius 2 is 1.89 bits per heavy atom. The Bertz CT molecular complexity index is 893. The second-order valence-electron chi connectivity index (χ2n) is 6.98. The maximum Gasteiger partial charge on any atom is 0.419 e. The fourth-order valence-electron chi connectivity index (χ4n) is 4.01. The highest BCUT2D eigenvalue weighted by molar-refractivity contribution is 5.83. The fraction of sp³-hybridized carbons (Fsp3) is 0.471. The van der Waals surface area contributed by atoms with E-state index in [0.29, 0.717) is 18.5 Å². The number of nitrogens with zero attached hydrogens (tertiary/aromatic N) is 3. The molecule has 10 heteroatoms. The minimum atomic E-state index is -4.69. The van der Waals surface area contributed by atoms with Gasteiger partial charge < -0.3 is 5.73 Å². The summed E-state index contributed by atoms with van der Waals surface area (Å²) in [4.78, 5) is 15.0. The molecule has 2 saturated carbocycles. The number of pyridine rings is 1. The standard InChI is InChI=1S/C17H15F5N4O/c18-14(19)6-26-13(15-9-2-8(27)3-10(9)15)4-12(25-26)7-1-11(17(20,21)22)16(23)24-5-7/h1,4-5,9-10,14-15H,2-3,6H2,(H2,23,24)/t9-,10+,15+. The molecule has 0 bridgehead atoms. The Balaban J connectivity index is 1.71. The molecule has 3 atom stereocenters. The minimum Gasteiger partial charge on any atom is -0.383 e. The number of carbonyl (C=O) groups excluding carboxylic acids is 1. The van der Waals surface area contributed by atoms with Gasteiger partial charge in [0.25, 0.3) is 6.43 Å². The summed E-state index contributed by atoms with van der Waals surface area (Å²) in [7, 11) is 0. The third-order valence-corrected chi connectivity index (χ3v) is 5.24. The molecule has 0 saturated heterocycles. The predicted octanol–water partition coefficient (Wildman–Crippen LogP) is 3.50. The van der Waals surface area contributed by atoms with Gasteiger partial charge in [-0.1, -0.05) is 0 Å². The monoisotopic (exact) mass is 386 g/mol. The Kier molecular flexibility index (Phi) is 3.97.